The van der Waals surface area contributed by atoms with E-state index < -0.39 is 0 Å². The number of nitrogens with zero attached hydrogens (tertiary/aromatic N) is 1. The minimum atomic E-state index is 0. The lowest BCUT2D eigenvalue weighted by atomic mass is 10.1. The largest absolute Gasteiger partial charge is 0.495 e. The molecule has 2 atom stereocenters. The number of methoxy groups -OCH3 is 1. The number of anilines is 1. The summed E-state index contributed by atoms with van der Waals surface area (Å²) in [7, 11) is 1.66. The van der Waals surface area contributed by atoms with Gasteiger partial charge >= 0.3 is 0 Å². The molecule has 0 saturated carbocycles. The van der Waals surface area contributed by atoms with E-state index >= 15 is 0 Å². The third-order valence-electron chi connectivity index (χ3n) is 4.45. The van der Waals surface area contributed by atoms with Crippen LogP contribution in [0.2, 0.25) is 5.02 Å². The first-order valence-electron chi connectivity index (χ1n) is 7.77. The summed E-state index contributed by atoms with van der Waals surface area (Å²) in [6.45, 7) is 3.42. The van der Waals surface area contributed by atoms with Crippen LogP contribution in [0.5, 0.6) is 5.75 Å². The van der Waals surface area contributed by atoms with E-state index in [1.807, 2.05) is 18.2 Å². The zero-order valence-corrected chi connectivity index (χ0v) is 16.0. The first-order valence-corrected chi connectivity index (χ1v) is 8.14. The van der Waals surface area contributed by atoms with Crippen molar-refractivity contribution in [1.82, 2.24) is 10.6 Å². The van der Waals surface area contributed by atoms with E-state index in [9.17, 15) is 4.79 Å². The fourth-order valence-corrected chi connectivity index (χ4v) is 3.37. The molecule has 1 aromatic rings. The summed E-state index contributed by atoms with van der Waals surface area (Å²) < 4.78 is 5.41. The lowest BCUT2D eigenvalue weighted by Crippen LogP contribution is -2.41. The fraction of sp³-hybridized carbons (Fsp3) is 0.562. The summed E-state index contributed by atoms with van der Waals surface area (Å²) >= 11 is 6.10. The molecule has 8 heteroatoms. The molecule has 2 fully saturated rings. The van der Waals surface area contributed by atoms with Gasteiger partial charge in [-0.2, -0.15) is 0 Å². The molecule has 24 heavy (non-hydrogen) atoms. The van der Waals surface area contributed by atoms with Crippen LogP contribution in [0, 0.1) is 5.92 Å². The Morgan fingerprint density at radius 1 is 1.38 bits per heavy atom. The number of nitrogens with one attached hydrogen (secondary N) is 2. The summed E-state index contributed by atoms with van der Waals surface area (Å²) in [5, 5.41) is 7.10. The Morgan fingerprint density at radius 2 is 2.17 bits per heavy atom. The SMILES string of the molecule is COc1ccc(Cl)cc1N1CCC(NC(=O)C2CCNC2)C1.Cl.Cl. The second-order valence-electron chi connectivity index (χ2n) is 5.95. The van der Waals surface area contributed by atoms with Crippen LogP contribution in [-0.4, -0.2) is 45.2 Å². The summed E-state index contributed by atoms with van der Waals surface area (Å²) in [5.41, 5.74) is 0.995. The normalized spacial score (nSPS) is 22.5. The Kier molecular flexibility index (Phi) is 8.43. The van der Waals surface area contributed by atoms with Crippen LogP contribution >= 0.6 is 36.4 Å². The highest BCUT2D eigenvalue weighted by Crippen LogP contribution is 2.33. The molecular formula is C16H24Cl3N3O2. The zero-order valence-electron chi connectivity index (χ0n) is 13.6. The summed E-state index contributed by atoms with van der Waals surface area (Å²) in [5.74, 6) is 1.11. The van der Waals surface area contributed by atoms with Crippen molar-refractivity contribution in [3.63, 3.8) is 0 Å². The molecule has 2 aliphatic rings. The second kappa shape index (κ2) is 9.56. The van der Waals surface area contributed by atoms with Crippen molar-refractivity contribution in [1.29, 1.82) is 0 Å². The topological polar surface area (TPSA) is 53.6 Å². The third-order valence-corrected chi connectivity index (χ3v) is 4.68. The molecule has 0 radical (unpaired) electrons. The average molecular weight is 397 g/mol. The lowest BCUT2D eigenvalue weighted by Gasteiger charge is -2.22. The van der Waals surface area contributed by atoms with Crippen LogP contribution in [0.1, 0.15) is 12.8 Å². The van der Waals surface area contributed by atoms with Crippen LogP contribution in [0.3, 0.4) is 0 Å². The Balaban J connectivity index is 0.00000144. The average Bonchev–Trinajstić information content (AvgIpc) is 3.18. The molecule has 2 aliphatic heterocycles. The monoisotopic (exact) mass is 395 g/mol. The van der Waals surface area contributed by atoms with Crippen LogP contribution in [0.25, 0.3) is 0 Å². The molecule has 2 unspecified atom stereocenters. The van der Waals surface area contributed by atoms with Gasteiger partial charge in [-0.05, 0) is 37.6 Å². The molecule has 2 heterocycles. The lowest BCUT2D eigenvalue weighted by molar-refractivity contribution is -0.125. The smallest absolute Gasteiger partial charge is 0.224 e. The Morgan fingerprint density at radius 3 is 2.83 bits per heavy atom. The number of halogens is 3. The molecule has 1 amide bonds. The van der Waals surface area contributed by atoms with E-state index in [1.165, 1.54) is 0 Å². The molecule has 0 aliphatic carbocycles. The van der Waals surface area contributed by atoms with Gasteiger partial charge in [-0.15, -0.1) is 24.8 Å². The Bertz CT molecular complexity index is 553. The van der Waals surface area contributed by atoms with Gasteiger partial charge in [0.25, 0.3) is 0 Å². The molecule has 0 spiro atoms. The first-order chi connectivity index (χ1) is 10.7. The number of rotatable bonds is 4. The van der Waals surface area contributed by atoms with E-state index in [1.54, 1.807) is 7.11 Å². The number of ether oxygens (including phenoxy) is 1. The number of amides is 1. The van der Waals surface area contributed by atoms with E-state index in [0.717, 1.165) is 50.5 Å². The summed E-state index contributed by atoms with van der Waals surface area (Å²) in [6, 6.07) is 5.82. The van der Waals surface area contributed by atoms with Crippen LogP contribution in [0.4, 0.5) is 5.69 Å². The Hall–Kier alpha value is -0.880. The van der Waals surface area contributed by atoms with Crippen LogP contribution < -0.4 is 20.3 Å². The fourth-order valence-electron chi connectivity index (χ4n) is 3.20. The third kappa shape index (κ3) is 4.82. The number of carbonyl (C=O) groups excluding carboxylic acids is 1. The maximum Gasteiger partial charge on any atom is 0.224 e. The highest BCUT2D eigenvalue weighted by atomic mass is 35.5. The molecule has 3 rings (SSSR count). The highest BCUT2D eigenvalue weighted by Gasteiger charge is 2.29. The van der Waals surface area contributed by atoms with Gasteiger partial charge in [0.2, 0.25) is 5.91 Å². The molecular weight excluding hydrogens is 373 g/mol. The van der Waals surface area contributed by atoms with Crippen molar-refractivity contribution in [2.45, 2.75) is 18.9 Å². The minimum Gasteiger partial charge on any atom is -0.495 e. The number of hydrogen-bond donors (Lipinski definition) is 2. The van der Waals surface area contributed by atoms with Gasteiger partial charge in [0.15, 0.2) is 0 Å². The molecule has 2 saturated heterocycles. The van der Waals surface area contributed by atoms with Gasteiger partial charge in [-0.1, -0.05) is 11.6 Å². The van der Waals surface area contributed by atoms with E-state index in [4.69, 9.17) is 16.3 Å². The molecule has 136 valence electrons. The van der Waals surface area contributed by atoms with Crippen molar-refractivity contribution < 1.29 is 9.53 Å². The molecule has 5 nitrogen and oxygen atoms in total. The molecule has 2 N–H and O–H groups in total. The summed E-state index contributed by atoms with van der Waals surface area (Å²) in [6.07, 6.45) is 1.88. The molecule has 1 aromatic carbocycles. The second-order valence-corrected chi connectivity index (χ2v) is 6.38. The predicted molar refractivity (Wildman–Crippen MR) is 102 cm³/mol. The zero-order chi connectivity index (χ0) is 15.5. The van der Waals surface area contributed by atoms with E-state index in [0.29, 0.717) is 5.02 Å². The number of benzene rings is 1. The maximum atomic E-state index is 12.2. The van der Waals surface area contributed by atoms with Gasteiger partial charge in [0.05, 0.1) is 18.7 Å². The van der Waals surface area contributed by atoms with Crippen molar-refractivity contribution in [3.8, 4) is 5.75 Å². The summed E-state index contributed by atoms with van der Waals surface area (Å²) in [4.78, 5) is 14.4. The van der Waals surface area contributed by atoms with Gasteiger partial charge in [0.1, 0.15) is 5.75 Å². The van der Waals surface area contributed by atoms with Crippen molar-refractivity contribution in [3.05, 3.63) is 23.2 Å². The number of hydrogen-bond acceptors (Lipinski definition) is 4. The van der Waals surface area contributed by atoms with Gasteiger partial charge in [-0.25, -0.2) is 0 Å². The predicted octanol–water partition coefficient (Wildman–Crippen LogP) is 2.50. The standard InChI is InChI=1S/C16H22ClN3O2.2ClH/c1-22-15-3-2-12(17)8-14(15)20-7-5-13(10-20)19-16(21)11-4-6-18-9-11;;/h2-3,8,11,13,18H,4-7,9-10H2,1H3,(H,19,21);2*1H. The van der Waals surface area contributed by atoms with Crippen molar-refractivity contribution in [2.75, 3.05) is 38.2 Å². The minimum absolute atomic E-state index is 0. The Labute approximate surface area is 160 Å². The van der Waals surface area contributed by atoms with E-state index in [2.05, 4.69) is 15.5 Å². The molecule has 0 bridgehead atoms. The van der Waals surface area contributed by atoms with E-state index in [-0.39, 0.29) is 42.7 Å². The molecule has 0 aromatic heterocycles. The number of carbonyl (C=O) groups is 1. The van der Waals surface area contributed by atoms with Gasteiger partial charge in [-0.3, -0.25) is 4.79 Å². The van der Waals surface area contributed by atoms with Gasteiger partial charge in [0, 0.05) is 30.7 Å². The van der Waals surface area contributed by atoms with Crippen LogP contribution in [-0.2, 0) is 4.79 Å². The van der Waals surface area contributed by atoms with Crippen molar-refractivity contribution >= 4 is 48.0 Å². The highest BCUT2D eigenvalue weighted by molar-refractivity contribution is 6.30. The quantitative estimate of drug-likeness (QED) is 0.821. The maximum absolute atomic E-state index is 12.2. The van der Waals surface area contributed by atoms with Crippen molar-refractivity contribution in [2.24, 2.45) is 5.92 Å². The van der Waals surface area contributed by atoms with Gasteiger partial charge < -0.3 is 20.3 Å². The first kappa shape index (κ1) is 21.2. The van der Waals surface area contributed by atoms with Crippen LogP contribution in [0.15, 0.2) is 18.2 Å².